The van der Waals surface area contributed by atoms with Gasteiger partial charge in [-0.1, -0.05) is 13.8 Å². The van der Waals surface area contributed by atoms with E-state index in [2.05, 4.69) is 30.9 Å². The van der Waals surface area contributed by atoms with Crippen LogP contribution in [0.15, 0.2) is 39.4 Å². The summed E-state index contributed by atoms with van der Waals surface area (Å²) in [6.45, 7) is 6.60. The molecule has 0 saturated heterocycles. The van der Waals surface area contributed by atoms with Gasteiger partial charge in [0.05, 0.1) is 18.8 Å². The quantitative estimate of drug-likeness (QED) is 0.847. The molecule has 3 unspecified atom stereocenters. The van der Waals surface area contributed by atoms with Gasteiger partial charge in [-0.3, -0.25) is 4.90 Å². The first kappa shape index (κ1) is 14.4. The summed E-state index contributed by atoms with van der Waals surface area (Å²) in [5, 5.41) is 0. The third kappa shape index (κ3) is 3.06. The largest absolute Gasteiger partial charge is 0.468 e. The first-order valence-corrected chi connectivity index (χ1v) is 7.79. The Balaban J connectivity index is 1.74. The molecule has 4 heteroatoms. The summed E-state index contributed by atoms with van der Waals surface area (Å²) < 4.78 is 11.5. The average molecular weight is 288 g/mol. The monoisotopic (exact) mass is 288 g/mol. The van der Waals surface area contributed by atoms with Crippen LogP contribution in [0.4, 0.5) is 0 Å². The summed E-state index contributed by atoms with van der Waals surface area (Å²) in [6, 6.07) is 8.22. The van der Waals surface area contributed by atoms with Gasteiger partial charge in [-0.15, -0.1) is 0 Å². The van der Waals surface area contributed by atoms with E-state index in [-0.39, 0.29) is 6.04 Å². The van der Waals surface area contributed by atoms with Gasteiger partial charge in [-0.05, 0) is 43.1 Å². The maximum absolute atomic E-state index is 6.08. The molecule has 0 aromatic carbocycles. The number of likely N-dealkylation sites (N-methyl/N-ethyl adjacent to an activating group) is 1. The fourth-order valence-electron chi connectivity index (χ4n) is 2.96. The second-order valence-electron chi connectivity index (χ2n) is 5.95. The molecule has 114 valence electrons. The number of nitrogens with two attached hydrogens (primary N) is 1. The predicted molar refractivity (Wildman–Crippen MR) is 81.8 cm³/mol. The summed E-state index contributed by atoms with van der Waals surface area (Å²) in [6.07, 6.45) is 2.95. The van der Waals surface area contributed by atoms with Crippen molar-refractivity contribution < 1.29 is 8.83 Å². The zero-order valence-electron chi connectivity index (χ0n) is 12.8. The van der Waals surface area contributed by atoms with Gasteiger partial charge < -0.3 is 14.6 Å². The van der Waals surface area contributed by atoms with Gasteiger partial charge >= 0.3 is 0 Å². The molecule has 21 heavy (non-hydrogen) atoms. The molecule has 1 fully saturated rings. The SMILES string of the molecule is CCN(Cc1ccco1)C(CN)c1ccc(C2CC2C)o1. The number of hydrogen-bond donors (Lipinski definition) is 1. The summed E-state index contributed by atoms with van der Waals surface area (Å²) in [4.78, 5) is 2.29. The van der Waals surface area contributed by atoms with E-state index in [9.17, 15) is 0 Å². The van der Waals surface area contributed by atoms with E-state index in [1.807, 2.05) is 12.1 Å². The Kier molecular flexibility index (Phi) is 4.17. The lowest BCUT2D eigenvalue weighted by Crippen LogP contribution is -2.33. The number of rotatable bonds is 7. The zero-order valence-corrected chi connectivity index (χ0v) is 12.8. The summed E-state index contributed by atoms with van der Waals surface area (Å²) in [5.41, 5.74) is 6.01. The van der Waals surface area contributed by atoms with Crippen molar-refractivity contribution in [2.75, 3.05) is 13.1 Å². The summed E-state index contributed by atoms with van der Waals surface area (Å²) in [5.74, 6) is 4.41. The lowest BCUT2D eigenvalue weighted by Gasteiger charge is -2.27. The molecule has 0 bridgehead atoms. The highest BCUT2D eigenvalue weighted by Crippen LogP contribution is 2.47. The first-order chi connectivity index (χ1) is 10.2. The molecule has 1 aliphatic rings. The standard InChI is InChI=1S/C17H24N2O2/c1-3-19(11-13-5-4-8-20-13)15(10-18)17-7-6-16(21-17)14-9-12(14)2/h4-8,12,14-15H,3,9-11,18H2,1-2H3. The van der Waals surface area contributed by atoms with Gasteiger partial charge in [0.2, 0.25) is 0 Å². The van der Waals surface area contributed by atoms with Crippen LogP contribution in [-0.2, 0) is 6.54 Å². The van der Waals surface area contributed by atoms with E-state index in [1.54, 1.807) is 6.26 Å². The van der Waals surface area contributed by atoms with Crippen LogP contribution in [-0.4, -0.2) is 18.0 Å². The number of furan rings is 2. The molecule has 3 atom stereocenters. The maximum atomic E-state index is 6.08. The van der Waals surface area contributed by atoms with Gasteiger partial charge in [-0.2, -0.15) is 0 Å². The third-order valence-corrected chi connectivity index (χ3v) is 4.46. The molecule has 2 aromatic heterocycles. The Labute approximate surface area is 125 Å². The molecule has 3 rings (SSSR count). The lowest BCUT2D eigenvalue weighted by molar-refractivity contribution is 0.165. The van der Waals surface area contributed by atoms with Gasteiger partial charge in [0.25, 0.3) is 0 Å². The van der Waals surface area contributed by atoms with Crippen molar-refractivity contribution >= 4 is 0 Å². The van der Waals surface area contributed by atoms with Crippen LogP contribution in [0.1, 0.15) is 49.5 Å². The minimum absolute atomic E-state index is 0.0999. The fourth-order valence-corrected chi connectivity index (χ4v) is 2.96. The molecule has 1 aliphatic carbocycles. The van der Waals surface area contributed by atoms with Gasteiger partial charge in [-0.25, -0.2) is 0 Å². The van der Waals surface area contributed by atoms with Crippen LogP contribution in [0.5, 0.6) is 0 Å². The Morgan fingerprint density at radius 1 is 1.38 bits per heavy atom. The van der Waals surface area contributed by atoms with Gasteiger partial charge in [0.15, 0.2) is 0 Å². The third-order valence-electron chi connectivity index (χ3n) is 4.46. The minimum atomic E-state index is 0.0999. The highest BCUT2D eigenvalue weighted by molar-refractivity contribution is 5.19. The Morgan fingerprint density at radius 2 is 2.19 bits per heavy atom. The fraction of sp³-hybridized carbons (Fsp3) is 0.529. The van der Waals surface area contributed by atoms with Crippen molar-refractivity contribution in [2.45, 2.75) is 38.8 Å². The normalized spacial score (nSPS) is 22.7. The average Bonchev–Trinajstić information content (AvgIpc) is 2.91. The predicted octanol–water partition coefficient (Wildman–Crippen LogP) is 3.52. The van der Waals surface area contributed by atoms with Crippen molar-refractivity contribution in [3.05, 3.63) is 47.8 Å². The minimum Gasteiger partial charge on any atom is -0.468 e. The van der Waals surface area contributed by atoms with Crippen molar-refractivity contribution in [1.29, 1.82) is 0 Å². The molecule has 1 saturated carbocycles. The highest BCUT2D eigenvalue weighted by Gasteiger charge is 2.37. The second kappa shape index (κ2) is 6.08. The smallest absolute Gasteiger partial charge is 0.122 e. The summed E-state index contributed by atoms with van der Waals surface area (Å²) >= 11 is 0. The molecule has 2 N–H and O–H groups in total. The van der Waals surface area contributed by atoms with Crippen LogP contribution in [0.2, 0.25) is 0 Å². The number of nitrogens with zero attached hydrogens (tertiary/aromatic N) is 1. The van der Waals surface area contributed by atoms with Crippen LogP contribution >= 0.6 is 0 Å². The molecule has 2 aromatic rings. The van der Waals surface area contributed by atoms with Gasteiger partial charge in [0.1, 0.15) is 17.3 Å². The Morgan fingerprint density at radius 3 is 2.76 bits per heavy atom. The molecular formula is C17H24N2O2. The van der Waals surface area contributed by atoms with E-state index in [0.29, 0.717) is 12.5 Å². The molecule has 2 heterocycles. The Bertz CT molecular complexity index is 561. The molecule has 0 amide bonds. The second-order valence-corrected chi connectivity index (χ2v) is 5.95. The molecule has 0 aliphatic heterocycles. The van der Waals surface area contributed by atoms with Crippen LogP contribution in [0.3, 0.4) is 0 Å². The van der Waals surface area contributed by atoms with E-state index in [4.69, 9.17) is 14.6 Å². The van der Waals surface area contributed by atoms with E-state index < -0.39 is 0 Å². The number of hydrogen-bond acceptors (Lipinski definition) is 4. The highest BCUT2D eigenvalue weighted by atomic mass is 16.3. The Hall–Kier alpha value is -1.52. The molecular weight excluding hydrogens is 264 g/mol. The zero-order chi connectivity index (χ0) is 14.8. The van der Waals surface area contributed by atoms with E-state index in [1.165, 1.54) is 6.42 Å². The van der Waals surface area contributed by atoms with Gasteiger partial charge in [0, 0.05) is 12.5 Å². The van der Waals surface area contributed by atoms with Crippen LogP contribution in [0, 0.1) is 5.92 Å². The molecule has 0 spiro atoms. The van der Waals surface area contributed by atoms with Crippen molar-refractivity contribution in [1.82, 2.24) is 4.90 Å². The van der Waals surface area contributed by atoms with E-state index in [0.717, 1.165) is 36.3 Å². The lowest BCUT2D eigenvalue weighted by atomic mass is 10.2. The first-order valence-electron chi connectivity index (χ1n) is 7.79. The van der Waals surface area contributed by atoms with Crippen LogP contribution < -0.4 is 5.73 Å². The van der Waals surface area contributed by atoms with Crippen molar-refractivity contribution in [3.8, 4) is 0 Å². The van der Waals surface area contributed by atoms with Crippen LogP contribution in [0.25, 0.3) is 0 Å². The van der Waals surface area contributed by atoms with Crippen molar-refractivity contribution in [2.24, 2.45) is 11.7 Å². The molecule has 0 radical (unpaired) electrons. The topological polar surface area (TPSA) is 55.5 Å². The maximum Gasteiger partial charge on any atom is 0.122 e. The molecule has 4 nitrogen and oxygen atoms in total. The summed E-state index contributed by atoms with van der Waals surface area (Å²) in [7, 11) is 0. The van der Waals surface area contributed by atoms with E-state index >= 15 is 0 Å². The van der Waals surface area contributed by atoms with Crippen molar-refractivity contribution in [3.63, 3.8) is 0 Å².